The van der Waals surface area contributed by atoms with Crippen molar-refractivity contribution < 1.29 is 9.90 Å². The second kappa shape index (κ2) is 7.13. The van der Waals surface area contributed by atoms with Crippen molar-refractivity contribution in [2.24, 2.45) is 0 Å². The molecule has 0 saturated carbocycles. The van der Waals surface area contributed by atoms with E-state index in [-0.39, 0.29) is 5.91 Å². The number of carbonyl (C=O) groups is 1. The molecule has 1 saturated heterocycles. The van der Waals surface area contributed by atoms with Crippen LogP contribution in [0.2, 0.25) is 5.02 Å². The third kappa shape index (κ3) is 3.72. The largest absolute Gasteiger partial charge is 0.369 e. The van der Waals surface area contributed by atoms with E-state index in [0.717, 1.165) is 18.1 Å². The van der Waals surface area contributed by atoms with Crippen molar-refractivity contribution in [3.63, 3.8) is 0 Å². The van der Waals surface area contributed by atoms with E-state index < -0.39 is 6.23 Å². The molecule has 0 aromatic heterocycles. The van der Waals surface area contributed by atoms with Gasteiger partial charge < -0.3 is 15.7 Å². The van der Waals surface area contributed by atoms with Crippen LogP contribution in [0.25, 0.3) is 0 Å². The van der Waals surface area contributed by atoms with Gasteiger partial charge in [0.1, 0.15) is 0 Å². The van der Waals surface area contributed by atoms with E-state index in [0.29, 0.717) is 17.0 Å². The molecule has 2 aliphatic heterocycles. The maximum absolute atomic E-state index is 11.0. The maximum atomic E-state index is 11.0. The zero-order valence-electron chi connectivity index (χ0n) is 12.6. The predicted molar refractivity (Wildman–Crippen MR) is 90.5 cm³/mol. The van der Waals surface area contributed by atoms with E-state index in [4.69, 9.17) is 11.6 Å². The quantitative estimate of drug-likeness (QED) is 0.753. The van der Waals surface area contributed by atoms with Gasteiger partial charge in [-0.15, -0.1) is 0 Å². The van der Waals surface area contributed by atoms with Crippen LogP contribution < -0.4 is 10.6 Å². The number of fused-ring (bicyclic) bond motifs is 1. The highest BCUT2D eigenvalue weighted by molar-refractivity contribution is 6.30. The average molecular weight is 331 g/mol. The summed E-state index contributed by atoms with van der Waals surface area (Å²) in [5.41, 5.74) is 2.64. The zero-order chi connectivity index (χ0) is 16.2. The van der Waals surface area contributed by atoms with Gasteiger partial charge in [0.05, 0.1) is 0 Å². The number of carbonyl (C=O) groups excluding carboxylic acids is 1. The SMILES string of the molecule is Clc1ccc(C2CCNC2)cc1.O=C1NC(O)c2ccccc21. The van der Waals surface area contributed by atoms with E-state index in [1.54, 1.807) is 24.3 Å². The molecule has 2 aromatic carbocycles. The molecule has 0 aliphatic carbocycles. The molecule has 4 nitrogen and oxygen atoms in total. The molecule has 120 valence electrons. The number of rotatable bonds is 1. The minimum absolute atomic E-state index is 0.201. The highest BCUT2D eigenvalue weighted by Gasteiger charge is 2.25. The molecular formula is C18H19ClN2O2. The Bertz CT molecular complexity index is 682. The molecule has 4 rings (SSSR count). The summed E-state index contributed by atoms with van der Waals surface area (Å²) >= 11 is 5.80. The fourth-order valence-corrected chi connectivity index (χ4v) is 3.02. The Hall–Kier alpha value is -1.88. The van der Waals surface area contributed by atoms with E-state index >= 15 is 0 Å². The van der Waals surface area contributed by atoms with E-state index in [2.05, 4.69) is 22.8 Å². The number of aliphatic hydroxyl groups is 1. The van der Waals surface area contributed by atoms with Crippen LogP contribution in [-0.4, -0.2) is 24.1 Å². The molecular weight excluding hydrogens is 312 g/mol. The van der Waals surface area contributed by atoms with Gasteiger partial charge in [0.25, 0.3) is 5.91 Å². The van der Waals surface area contributed by atoms with Gasteiger partial charge in [0.15, 0.2) is 6.23 Å². The molecule has 2 aromatic rings. The third-order valence-electron chi connectivity index (χ3n) is 4.17. The van der Waals surface area contributed by atoms with Crippen LogP contribution in [0, 0.1) is 0 Å². The van der Waals surface area contributed by atoms with Gasteiger partial charge in [-0.1, -0.05) is 41.9 Å². The fourth-order valence-electron chi connectivity index (χ4n) is 2.90. The van der Waals surface area contributed by atoms with Crippen molar-refractivity contribution in [2.45, 2.75) is 18.6 Å². The Balaban J connectivity index is 0.000000136. The summed E-state index contributed by atoms with van der Waals surface area (Å²) in [5, 5.41) is 15.8. The first-order chi connectivity index (χ1) is 11.1. The first kappa shape index (κ1) is 16.0. The van der Waals surface area contributed by atoms with Crippen LogP contribution in [0.3, 0.4) is 0 Å². The molecule has 1 fully saturated rings. The monoisotopic (exact) mass is 330 g/mol. The second-order valence-electron chi connectivity index (χ2n) is 5.70. The molecule has 2 atom stereocenters. The normalized spacial score (nSPS) is 22.1. The van der Waals surface area contributed by atoms with Gasteiger partial charge in [0, 0.05) is 22.7 Å². The van der Waals surface area contributed by atoms with Gasteiger partial charge in [-0.05, 0) is 42.6 Å². The lowest BCUT2D eigenvalue weighted by Gasteiger charge is -2.07. The lowest BCUT2D eigenvalue weighted by Crippen LogP contribution is -2.17. The molecule has 3 N–H and O–H groups in total. The highest BCUT2D eigenvalue weighted by Crippen LogP contribution is 2.23. The molecule has 0 bridgehead atoms. The van der Waals surface area contributed by atoms with Crippen LogP contribution >= 0.6 is 11.6 Å². The maximum Gasteiger partial charge on any atom is 0.253 e. The van der Waals surface area contributed by atoms with Crippen LogP contribution in [0.5, 0.6) is 0 Å². The smallest absolute Gasteiger partial charge is 0.253 e. The van der Waals surface area contributed by atoms with E-state index in [9.17, 15) is 9.90 Å². The van der Waals surface area contributed by atoms with Crippen LogP contribution in [0.4, 0.5) is 0 Å². The fraction of sp³-hybridized carbons (Fsp3) is 0.278. The lowest BCUT2D eigenvalue weighted by atomic mass is 9.99. The van der Waals surface area contributed by atoms with Gasteiger partial charge in [0.2, 0.25) is 0 Å². The molecule has 0 spiro atoms. The Kier molecular flexibility index (Phi) is 4.96. The molecule has 2 aliphatic rings. The van der Waals surface area contributed by atoms with Crippen molar-refractivity contribution in [2.75, 3.05) is 13.1 Å². The van der Waals surface area contributed by atoms with Gasteiger partial charge >= 0.3 is 0 Å². The number of amides is 1. The van der Waals surface area contributed by atoms with Crippen molar-refractivity contribution in [3.8, 4) is 0 Å². The molecule has 2 unspecified atom stereocenters. The Morgan fingerprint density at radius 3 is 2.48 bits per heavy atom. The van der Waals surface area contributed by atoms with Gasteiger partial charge in [-0.25, -0.2) is 0 Å². The summed E-state index contributed by atoms with van der Waals surface area (Å²) in [4.78, 5) is 11.0. The van der Waals surface area contributed by atoms with Crippen molar-refractivity contribution >= 4 is 17.5 Å². The number of nitrogens with one attached hydrogen (secondary N) is 2. The summed E-state index contributed by atoms with van der Waals surface area (Å²) in [6.45, 7) is 2.26. The second-order valence-corrected chi connectivity index (χ2v) is 6.14. The average Bonchev–Trinajstić information content (AvgIpc) is 3.19. The van der Waals surface area contributed by atoms with Gasteiger partial charge in [-0.3, -0.25) is 4.79 Å². The highest BCUT2D eigenvalue weighted by atomic mass is 35.5. The number of aliphatic hydroxyl groups excluding tert-OH is 1. The summed E-state index contributed by atoms with van der Waals surface area (Å²) < 4.78 is 0. The van der Waals surface area contributed by atoms with Crippen molar-refractivity contribution in [3.05, 3.63) is 70.2 Å². The minimum Gasteiger partial charge on any atom is -0.369 e. The third-order valence-corrected chi connectivity index (χ3v) is 4.42. The number of halogens is 1. The summed E-state index contributed by atoms with van der Waals surface area (Å²) in [5.74, 6) is 0.496. The molecule has 23 heavy (non-hydrogen) atoms. The summed E-state index contributed by atoms with van der Waals surface area (Å²) in [6, 6.07) is 15.2. The lowest BCUT2D eigenvalue weighted by molar-refractivity contribution is 0.0850. The number of hydrogen-bond donors (Lipinski definition) is 3. The van der Waals surface area contributed by atoms with E-state index in [1.807, 2.05) is 12.1 Å². The van der Waals surface area contributed by atoms with E-state index in [1.165, 1.54) is 12.0 Å². The van der Waals surface area contributed by atoms with Crippen molar-refractivity contribution in [1.82, 2.24) is 10.6 Å². The Labute approximate surface area is 140 Å². The molecule has 2 heterocycles. The number of benzene rings is 2. The first-order valence-corrected chi connectivity index (χ1v) is 8.07. The molecule has 0 radical (unpaired) electrons. The zero-order valence-corrected chi connectivity index (χ0v) is 13.4. The topological polar surface area (TPSA) is 61.4 Å². The van der Waals surface area contributed by atoms with Crippen LogP contribution in [0.1, 0.15) is 40.1 Å². The first-order valence-electron chi connectivity index (χ1n) is 7.69. The number of hydrogen-bond acceptors (Lipinski definition) is 3. The van der Waals surface area contributed by atoms with Crippen LogP contribution in [-0.2, 0) is 0 Å². The van der Waals surface area contributed by atoms with Crippen molar-refractivity contribution in [1.29, 1.82) is 0 Å². The predicted octanol–water partition coefficient (Wildman–Crippen LogP) is 2.84. The Morgan fingerprint density at radius 2 is 1.83 bits per heavy atom. The summed E-state index contributed by atoms with van der Waals surface area (Å²) in [6.07, 6.45) is 0.431. The molecule has 5 heteroatoms. The minimum atomic E-state index is -0.821. The standard InChI is InChI=1S/C10H12ClN.C8H7NO2/c11-10-3-1-8(2-4-10)9-5-6-12-7-9;10-7-5-3-1-2-4-6(5)8(11)9-7/h1-4,9,12H,5-7H2;1-4,7,10H,(H,9,11). The van der Waals surface area contributed by atoms with Crippen LogP contribution in [0.15, 0.2) is 48.5 Å². The van der Waals surface area contributed by atoms with Gasteiger partial charge in [-0.2, -0.15) is 0 Å². The molecule has 1 amide bonds. The Morgan fingerprint density at radius 1 is 1.09 bits per heavy atom. The summed E-state index contributed by atoms with van der Waals surface area (Å²) in [7, 11) is 0.